The number of nitrogens with zero attached hydrogens (tertiary/aromatic N) is 1. The van der Waals surface area contributed by atoms with E-state index in [4.69, 9.17) is 4.74 Å². The summed E-state index contributed by atoms with van der Waals surface area (Å²) in [5, 5.41) is 3.42. The van der Waals surface area contributed by atoms with Crippen LogP contribution in [-0.4, -0.2) is 4.98 Å². The first-order chi connectivity index (χ1) is 13.0. The smallest absolute Gasteiger partial charge is 0.130 e. The van der Waals surface area contributed by atoms with Gasteiger partial charge >= 0.3 is 0 Å². The number of rotatable bonds is 7. The van der Waals surface area contributed by atoms with Crippen molar-refractivity contribution in [3.05, 3.63) is 94.1 Å². The fourth-order valence-corrected chi connectivity index (χ4v) is 3.17. The van der Waals surface area contributed by atoms with Crippen LogP contribution in [0.25, 0.3) is 0 Å². The van der Waals surface area contributed by atoms with Gasteiger partial charge in [-0.15, -0.1) is 0 Å². The third-order valence-electron chi connectivity index (χ3n) is 4.49. The van der Waals surface area contributed by atoms with Gasteiger partial charge in [0.2, 0.25) is 0 Å². The molecule has 3 nitrogen and oxygen atoms in total. The van der Waals surface area contributed by atoms with Crippen molar-refractivity contribution in [3.8, 4) is 5.75 Å². The summed E-state index contributed by atoms with van der Waals surface area (Å²) in [5.74, 6) is 0.754. The molecule has 0 bridgehead atoms. The molecule has 4 heteroatoms. The summed E-state index contributed by atoms with van der Waals surface area (Å²) >= 11 is 0. The van der Waals surface area contributed by atoms with E-state index in [0.29, 0.717) is 18.7 Å². The summed E-state index contributed by atoms with van der Waals surface area (Å²) in [4.78, 5) is 4.29. The van der Waals surface area contributed by atoms with Crippen LogP contribution in [0.15, 0.2) is 54.7 Å². The molecule has 1 heterocycles. The highest BCUT2D eigenvalue weighted by Gasteiger charge is 2.08. The van der Waals surface area contributed by atoms with E-state index in [9.17, 15) is 4.39 Å². The monoisotopic (exact) mass is 364 g/mol. The molecule has 0 aliphatic heterocycles. The van der Waals surface area contributed by atoms with Gasteiger partial charge in [-0.25, -0.2) is 4.39 Å². The van der Waals surface area contributed by atoms with Gasteiger partial charge in [0.1, 0.15) is 18.2 Å². The van der Waals surface area contributed by atoms with E-state index in [1.54, 1.807) is 13.1 Å². The van der Waals surface area contributed by atoms with E-state index in [1.165, 1.54) is 11.6 Å². The number of ether oxygens (including phenoxy) is 1. The Morgan fingerprint density at radius 1 is 0.889 bits per heavy atom. The molecular formula is C23H25FN2O. The molecule has 1 aromatic heterocycles. The molecule has 0 saturated carbocycles. The Balaban J connectivity index is 1.59. The largest absolute Gasteiger partial charge is 0.487 e. The van der Waals surface area contributed by atoms with Crippen molar-refractivity contribution in [2.45, 2.75) is 40.5 Å². The van der Waals surface area contributed by atoms with Crippen molar-refractivity contribution in [1.82, 2.24) is 10.3 Å². The standard InChI is InChI=1S/C23H25FN2O/c1-16-10-19(7-8-22(16)24)13-25-14-20-11-17(2)23(18(3)12-20)27-15-21-6-4-5-9-26-21/h4-12,25H,13-15H2,1-3H3. The normalized spacial score (nSPS) is 10.8. The maximum atomic E-state index is 13.3. The van der Waals surface area contributed by atoms with Crippen LogP contribution in [0.3, 0.4) is 0 Å². The van der Waals surface area contributed by atoms with Crippen LogP contribution in [0.4, 0.5) is 4.39 Å². The van der Waals surface area contributed by atoms with Crippen LogP contribution in [-0.2, 0) is 19.7 Å². The zero-order valence-electron chi connectivity index (χ0n) is 16.1. The van der Waals surface area contributed by atoms with Crippen molar-refractivity contribution in [2.75, 3.05) is 0 Å². The van der Waals surface area contributed by atoms with E-state index in [2.05, 4.69) is 36.3 Å². The third-order valence-corrected chi connectivity index (χ3v) is 4.49. The fourth-order valence-electron chi connectivity index (χ4n) is 3.17. The van der Waals surface area contributed by atoms with Crippen molar-refractivity contribution < 1.29 is 9.13 Å². The third kappa shape index (κ3) is 5.14. The zero-order chi connectivity index (χ0) is 19.2. The molecule has 0 unspecified atom stereocenters. The Bertz CT molecular complexity index is 887. The zero-order valence-corrected chi connectivity index (χ0v) is 16.1. The Morgan fingerprint density at radius 2 is 1.59 bits per heavy atom. The SMILES string of the molecule is Cc1cc(CNCc2cc(C)c(OCc3ccccn3)c(C)c2)ccc1F. The maximum absolute atomic E-state index is 13.3. The van der Waals surface area contributed by atoms with Crippen molar-refractivity contribution >= 4 is 0 Å². The highest BCUT2D eigenvalue weighted by atomic mass is 19.1. The van der Waals surface area contributed by atoms with Crippen LogP contribution < -0.4 is 10.1 Å². The minimum absolute atomic E-state index is 0.161. The summed E-state index contributed by atoms with van der Waals surface area (Å²) in [6.07, 6.45) is 1.77. The molecule has 0 aliphatic carbocycles. The summed E-state index contributed by atoms with van der Waals surface area (Å²) in [6, 6.07) is 15.3. The molecule has 2 aromatic carbocycles. The van der Waals surface area contributed by atoms with Crippen LogP contribution >= 0.6 is 0 Å². The van der Waals surface area contributed by atoms with Gasteiger partial charge in [-0.1, -0.05) is 30.3 Å². The number of aromatic nitrogens is 1. The molecule has 0 atom stereocenters. The average molecular weight is 364 g/mol. The molecule has 1 N–H and O–H groups in total. The van der Waals surface area contributed by atoms with Gasteiger partial charge in [0.25, 0.3) is 0 Å². The second-order valence-corrected chi connectivity index (χ2v) is 6.86. The number of hydrogen-bond acceptors (Lipinski definition) is 3. The van der Waals surface area contributed by atoms with Gasteiger partial charge in [0, 0.05) is 19.3 Å². The van der Waals surface area contributed by atoms with E-state index in [0.717, 1.165) is 34.7 Å². The lowest BCUT2D eigenvalue weighted by Crippen LogP contribution is -2.13. The predicted octanol–water partition coefficient (Wildman–Crippen LogP) is 5.01. The van der Waals surface area contributed by atoms with Gasteiger partial charge < -0.3 is 10.1 Å². The second kappa shape index (κ2) is 8.78. The fraction of sp³-hybridized carbons (Fsp3) is 0.261. The molecule has 0 saturated heterocycles. The van der Waals surface area contributed by atoms with Gasteiger partial charge in [-0.2, -0.15) is 0 Å². The van der Waals surface area contributed by atoms with Gasteiger partial charge in [-0.05, 0) is 66.8 Å². The first kappa shape index (κ1) is 19.1. The number of nitrogens with one attached hydrogen (secondary N) is 1. The molecule has 0 spiro atoms. The van der Waals surface area contributed by atoms with Crippen LogP contribution in [0.1, 0.15) is 33.5 Å². The summed E-state index contributed by atoms with van der Waals surface area (Å²) in [5.41, 5.74) is 6.10. The van der Waals surface area contributed by atoms with Crippen LogP contribution in [0.2, 0.25) is 0 Å². The first-order valence-electron chi connectivity index (χ1n) is 9.11. The molecule has 0 radical (unpaired) electrons. The maximum Gasteiger partial charge on any atom is 0.130 e. The highest BCUT2D eigenvalue weighted by Crippen LogP contribution is 2.25. The lowest BCUT2D eigenvalue weighted by Gasteiger charge is -2.14. The number of benzene rings is 2. The van der Waals surface area contributed by atoms with Crippen LogP contribution in [0, 0.1) is 26.6 Å². The molecule has 0 fully saturated rings. The van der Waals surface area contributed by atoms with Crippen molar-refractivity contribution in [1.29, 1.82) is 0 Å². The minimum Gasteiger partial charge on any atom is -0.487 e. The average Bonchev–Trinajstić information content (AvgIpc) is 2.65. The first-order valence-corrected chi connectivity index (χ1v) is 9.11. The summed E-state index contributed by atoms with van der Waals surface area (Å²) in [7, 11) is 0. The summed E-state index contributed by atoms with van der Waals surface area (Å²) < 4.78 is 19.3. The van der Waals surface area contributed by atoms with E-state index in [1.807, 2.05) is 30.3 Å². The Hall–Kier alpha value is -2.72. The number of hydrogen-bond donors (Lipinski definition) is 1. The summed E-state index contributed by atoms with van der Waals surface area (Å²) in [6.45, 7) is 7.83. The van der Waals surface area contributed by atoms with Crippen LogP contribution in [0.5, 0.6) is 5.75 Å². The second-order valence-electron chi connectivity index (χ2n) is 6.86. The predicted molar refractivity (Wildman–Crippen MR) is 106 cm³/mol. The molecule has 3 aromatic rings. The highest BCUT2D eigenvalue weighted by molar-refractivity contribution is 5.43. The minimum atomic E-state index is -0.161. The van der Waals surface area contributed by atoms with Crippen molar-refractivity contribution in [2.24, 2.45) is 0 Å². The Labute approximate surface area is 160 Å². The van der Waals surface area contributed by atoms with Gasteiger partial charge in [-0.3, -0.25) is 4.98 Å². The molecular weight excluding hydrogens is 339 g/mol. The molecule has 3 rings (SSSR count). The number of pyridine rings is 1. The number of halogens is 1. The lowest BCUT2D eigenvalue weighted by molar-refractivity contribution is 0.297. The molecule has 0 amide bonds. The Morgan fingerprint density at radius 3 is 2.26 bits per heavy atom. The Kier molecular flexibility index (Phi) is 6.20. The quantitative estimate of drug-likeness (QED) is 0.639. The molecule has 0 aliphatic rings. The van der Waals surface area contributed by atoms with Crippen molar-refractivity contribution in [3.63, 3.8) is 0 Å². The van der Waals surface area contributed by atoms with E-state index in [-0.39, 0.29) is 5.82 Å². The topological polar surface area (TPSA) is 34.1 Å². The number of aryl methyl sites for hydroxylation is 3. The molecule has 27 heavy (non-hydrogen) atoms. The van der Waals surface area contributed by atoms with E-state index >= 15 is 0 Å². The van der Waals surface area contributed by atoms with Gasteiger partial charge in [0.05, 0.1) is 5.69 Å². The van der Waals surface area contributed by atoms with E-state index < -0.39 is 0 Å². The van der Waals surface area contributed by atoms with Gasteiger partial charge in [0.15, 0.2) is 0 Å². The molecule has 140 valence electrons. The lowest BCUT2D eigenvalue weighted by atomic mass is 10.1.